The summed E-state index contributed by atoms with van der Waals surface area (Å²) in [5.41, 5.74) is 10.9. The molecule has 1 unspecified atom stereocenters. The van der Waals surface area contributed by atoms with Crippen molar-refractivity contribution in [3.63, 3.8) is 0 Å². The van der Waals surface area contributed by atoms with Gasteiger partial charge >= 0.3 is 0 Å². The van der Waals surface area contributed by atoms with Gasteiger partial charge in [0.05, 0.1) is 5.92 Å². The SMILES string of the molecule is CN1CC(=Cc2cccc(Br)c2)C2=C(C1)C(c1cccc(Br)c1)C(C#N)=C(N)O2. The number of benzene rings is 2. The molecule has 2 aliphatic heterocycles. The Morgan fingerprint density at radius 3 is 2.55 bits per heavy atom. The Hall–Kier alpha value is -2.33. The number of ether oxygens (including phenoxy) is 1. The molecule has 6 heteroatoms. The van der Waals surface area contributed by atoms with Gasteiger partial charge in [0.15, 0.2) is 0 Å². The largest absolute Gasteiger partial charge is 0.440 e. The van der Waals surface area contributed by atoms with Crippen molar-refractivity contribution in [1.82, 2.24) is 4.90 Å². The molecular formula is C23H19Br2N3O. The molecule has 1 atom stereocenters. The molecule has 0 amide bonds. The summed E-state index contributed by atoms with van der Waals surface area (Å²) in [5, 5.41) is 9.81. The van der Waals surface area contributed by atoms with E-state index in [1.807, 2.05) is 36.4 Å². The number of hydrogen-bond donors (Lipinski definition) is 1. The lowest BCUT2D eigenvalue weighted by atomic mass is 9.80. The second-order valence-corrected chi connectivity index (χ2v) is 9.06. The number of hydrogen-bond acceptors (Lipinski definition) is 4. The van der Waals surface area contributed by atoms with E-state index in [4.69, 9.17) is 10.5 Å². The predicted octanol–water partition coefficient (Wildman–Crippen LogP) is 5.30. The molecular weight excluding hydrogens is 494 g/mol. The monoisotopic (exact) mass is 511 g/mol. The molecule has 4 rings (SSSR count). The number of rotatable bonds is 2. The van der Waals surface area contributed by atoms with E-state index in [9.17, 15) is 5.26 Å². The van der Waals surface area contributed by atoms with Gasteiger partial charge in [0, 0.05) is 27.6 Å². The van der Waals surface area contributed by atoms with Crippen LogP contribution in [0.3, 0.4) is 0 Å². The van der Waals surface area contributed by atoms with Gasteiger partial charge in [0.2, 0.25) is 5.88 Å². The highest BCUT2D eigenvalue weighted by atomic mass is 79.9. The molecule has 2 N–H and O–H groups in total. The highest BCUT2D eigenvalue weighted by molar-refractivity contribution is 9.10. The first-order chi connectivity index (χ1) is 14.0. The zero-order valence-electron chi connectivity index (χ0n) is 15.8. The maximum absolute atomic E-state index is 9.81. The molecule has 0 saturated carbocycles. The Labute approximate surface area is 187 Å². The van der Waals surface area contributed by atoms with Crippen LogP contribution in [0, 0.1) is 11.3 Å². The van der Waals surface area contributed by atoms with Gasteiger partial charge in [-0.1, -0.05) is 56.1 Å². The lowest BCUT2D eigenvalue weighted by Gasteiger charge is -2.37. The van der Waals surface area contributed by atoms with E-state index in [1.165, 1.54) is 0 Å². The molecule has 2 heterocycles. The van der Waals surface area contributed by atoms with Crippen molar-refractivity contribution in [1.29, 1.82) is 5.26 Å². The van der Waals surface area contributed by atoms with E-state index >= 15 is 0 Å². The van der Waals surface area contributed by atoms with Gasteiger partial charge in [-0.15, -0.1) is 0 Å². The summed E-state index contributed by atoms with van der Waals surface area (Å²) < 4.78 is 8.02. The van der Waals surface area contributed by atoms with Gasteiger partial charge in [0.25, 0.3) is 0 Å². The van der Waals surface area contributed by atoms with Crippen molar-refractivity contribution in [3.05, 3.63) is 97.0 Å². The Morgan fingerprint density at radius 1 is 1.14 bits per heavy atom. The topological polar surface area (TPSA) is 62.3 Å². The summed E-state index contributed by atoms with van der Waals surface area (Å²) in [7, 11) is 2.07. The Bertz CT molecular complexity index is 1110. The summed E-state index contributed by atoms with van der Waals surface area (Å²) >= 11 is 7.08. The van der Waals surface area contributed by atoms with Crippen LogP contribution in [0.15, 0.2) is 85.8 Å². The van der Waals surface area contributed by atoms with Gasteiger partial charge in [-0.25, -0.2) is 0 Å². The molecule has 0 fully saturated rings. The summed E-state index contributed by atoms with van der Waals surface area (Å²) in [5.74, 6) is 0.736. The summed E-state index contributed by atoms with van der Waals surface area (Å²) in [4.78, 5) is 2.23. The average molecular weight is 513 g/mol. The number of nitriles is 1. The smallest absolute Gasteiger partial charge is 0.205 e. The van der Waals surface area contributed by atoms with Crippen molar-refractivity contribution in [2.24, 2.45) is 5.73 Å². The van der Waals surface area contributed by atoms with Gasteiger partial charge in [-0.05, 0) is 54.1 Å². The van der Waals surface area contributed by atoms with Crippen LogP contribution in [0.5, 0.6) is 0 Å². The maximum atomic E-state index is 9.81. The van der Waals surface area contributed by atoms with Crippen molar-refractivity contribution in [2.45, 2.75) is 5.92 Å². The fourth-order valence-corrected chi connectivity index (χ4v) is 4.74. The third-order valence-electron chi connectivity index (χ3n) is 5.07. The molecule has 4 nitrogen and oxygen atoms in total. The van der Waals surface area contributed by atoms with E-state index in [0.717, 1.165) is 43.5 Å². The maximum Gasteiger partial charge on any atom is 0.205 e. The van der Waals surface area contributed by atoms with E-state index in [1.54, 1.807) is 0 Å². The van der Waals surface area contributed by atoms with Gasteiger partial charge in [-0.3, -0.25) is 4.90 Å². The molecule has 0 aliphatic carbocycles. The average Bonchev–Trinajstić information content (AvgIpc) is 2.67. The number of allylic oxidation sites excluding steroid dienone is 1. The predicted molar refractivity (Wildman–Crippen MR) is 121 cm³/mol. The van der Waals surface area contributed by atoms with Crippen LogP contribution in [0.2, 0.25) is 0 Å². The third kappa shape index (κ3) is 4.04. The van der Waals surface area contributed by atoms with Crippen LogP contribution in [0.25, 0.3) is 6.08 Å². The van der Waals surface area contributed by atoms with Crippen molar-refractivity contribution < 1.29 is 4.74 Å². The Kier molecular flexibility index (Phi) is 5.64. The number of nitrogens with zero attached hydrogens (tertiary/aromatic N) is 2. The van der Waals surface area contributed by atoms with Crippen molar-refractivity contribution in [2.75, 3.05) is 20.1 Å². The van der Waals surface area contributed by atoms with Crippen molar-refractivity contribution >= 4 is 37.9 Å². The molecule has 146 valence electrons. The van der Waals surface area contributed by atoms with E-state index in [-0.39, 0.29) is 11.8 Å². The Morgan fingerprint density at radius 2 is 1.86 bits per heavy atom. The number of nitrogens with two attached hydrogens (primary N) is 1. The normalized spacial score (nSPS) is 21.0. The first kappa shape index (κ1) is 20.0. The highest BCUT2D eigenvalue weighted by Crippen LogP contribution is 2.43. The summed E-state index contributed by atoms with van der Waals surface area (Å²) in [6, 6.07) is 18.4. The highest BCUT2D eigenvalue weighted by Gasteiger charge is 2.37. The fourth-order valence-electron chi connectivity index (χ4n) is 3.90. The molecule has 0 spiro atoms. The lowest BCUT2D eigenvalue weighted by Crippen LogP contribution is -2.35. The number of likely N-dealkylation sites (N-methyl/N-ethyl adjacent to an activating group) is 1. The molecule has 2 aromatic carbocycles. The van der Waals surface area contributed by atoms with Crippen LogP contribution in [0.1, 0.15) is 17.0 Å². The van der Waals surface area contributed by atoms with Crippen LogP contribution in [-0.2, 0) is 4.74 Å². The summed E-state index contributed by atoms with van der Waals surface area (Å²) in [6.45, 7) is 1.45. The quantitative estimate of drug-likeness (QED) is 0.592. The van der Waals surface area contributed by atoms with Gasteiger partial charge < -0.3 is 10.5 Å². The molecule has 0 saturated heterocycles. The van der Waals surface area contributed by atoms with Crippen LogP contribution in [-0.4, -0.2) is 25.0 Å². The molecule has 2 aliphatic rings. The van der Waals surface area contributed by atoms with Crippen LogP contribution >= 0.6 is 31.9 Å². The second kappa shape index (κ2) is 8.19. The fraction of sp³-hybridized carbons (Fsp3) is 0.174. The second-order valence-electron chi connectivity index (χ2n) is 7.23. The Balaban J connectivity index is 1.88. The molecule has 29 heavy (non-hydrogen) atoms. The number of halogens is 2. The molecule has 0 bridgehead atoms. The zero-order chi connectivity index (χ0) is 20.5. The minimum Gasteiger partial charge on any atom is -0.440 e. The van der Waals surface area contributed by atoms with Gasteiger partial charge in [0.1, 0.15) is 17.4 Å². The van der Waals surface area contributed by atoms with Crippen LogP contribution in [0.4, 0.5) is 0 Å². The summed E-state index contributed by atoms with van der Waals surface area (Å²) in [6.07, 6.45) is 2.12. The zero-order valence-corrected chi connectivity index (χ0v) is 19.0. The molecule has 0 aromatic heterocycles. The standard InChI is InChI=1S/C23H19Br2N3O/c1-28-12-16(8-14-4-2-6-17(24)9-14)22-20(13-28)21(19(11-26)23(27)29-22)15-5-3-7-18(25)10-15/h2-10,21H,12-13,27H2,1H3. The van der Waals surface area contributed by atoms with Crippen molar-refractivity contribution in [3.8, 4) is 6.07 Å². The minimum atomic E-state index is -0.227. The van der Waals surface area contributed by atoms with Crippen LogP contribution < -0.4 is 5.73 Å². The van der Waals surface area contributed by atoms with E-state index in [0.29, 0.717) is 12.1 Å². The van der Waals surface area contributed by atoms with E-state index in [2.05, 4.69) is 68.1 Å². The molecule has 2 aromatic rings. The molecule has 0 radical (unpaired) electrons. The first-order valence-electron chi connectivity index (χ1n) is 9.17. The third-order valence-corrected chi connectivity index (χ3v) is 6.06. The first-order valence-corrected chi connectivity index (χ1v) is 10.8. The van der Waals surface area contributed by atoms with Gasteiger partial charge in [-0.2, -0.15) is 5.26 Å². The minimum absolute atomic E-state index is 0.181. The lowest BCUT2D eigenvalue weighted by molar-refractivity contribution is 0.251. The van der Waals surface area contributed by atoms with E-state index < -0.39 is 0 Å².